The van der Waals surface area contributed by atoms with Crippen LogP contribution in [0.4, 0.5) is 5.69 Å². The summed E-state index contributed by atoms with van der Waals surface area (Å²) >= 11 is 1.87. The van der Waals surface area contributed by atoms with Crippen molar-refractivity contribution >= 4 is 29.3 Å². The van der Waals surface area contributed by atoms with Gasteiger partial charge in [0.2, 0.25) is 5.91 Å². The molecule has 0 unspecified atom stereocenters. The molecular formula is C25H31N3O4S. The Morgan fingerprint density at radius 3 is 2.45 bits per heavy atom. The number of amides is 2. The van der Waals surface area contributed by atoms with Gasteiger partial charge in [-0.1, -0.05) is 19.9 Å². The molecule has 0 bridgehead atoms. The Kier molecular flexibility index (Phi) is 7.77. The van der Waals surface area contributed by atoms with Gasteiger partial charge in [0, 0.05) is 54.9 Å². The molecule has 1 saturated heterocycles. The Labute approximate surface area is 199 Å². The second kappa shape index (κ2) is 10.9. The average Bonchev–Trinajstić information content (AvgIpc) is 2.84. The number of anilines is 1. The topological polar surface area (TPSA) is 79.9 Å². The molecule has 2 heterocycles. The third-order valence-electron chi connectivity index (χ3n) is 5.59. The lowest BCUT2D eigenvalue weighted by atomic mass is 10.1. The van der Waals surface area contributed by atoms with Gasteiger partial charge in [0.25, 0.3) is 5.91 Å². The van der Waals surface area contributed by atoms with E-state index in [0.29, 0.717) is 37.6 Å². The standard InChI is InChI=1S/C25H31N3O4S/c1-17(2)24(29)27-21-12-19(11-20(14-21)25(30)28-5-9-33-10-6-28)16-26-15-18-3-4-22-23(13-18)32-8-7-31-22/h3-4,11-14,17,26H,5-10,15-16H2,1-2H3,(H,27,29). The maximum Gasteiger partial charge on any atom is 0.253 e. The first-order valence-corrected chi connectivity index (χ1v) is 12.6. The van der Waals surface area contributed by atoms with Gasteiger partial charge in [-0.3, -0.25) is 9.59 Å². The lowest BCUT2D eigenvalue weighted by Gasteiger charge is -2.27. The molecule has 2 aliphatic heterocycles. The average molecular weight is 470 g/mol. The van der Waals surface area contributed by atoms with E-state index < -0.39 is 0 Å². The zero-order chi connectivity index (χ0) is 23.2. The van der Waals surface area contributed by atoms with E-state index in [1.165, 1.54) is 0 Å². The van der Waals surface area contributed by atoms with E-state index in [9.17, 15) is 9.59 Å². The smallest absolute Gasteiger partial charge is 0.253 e. The highest BCUT2D eigenvalue weighted by Gasteiger charge is 2.20. The molecule has 176 valence electrons. The zero-order valence-corrected chi connectivity index (χ0v) is 20.0. The van der Waals surface area contributed by atoms with E-state index in [2.05, 4.69) is 10.6 Å². The molecule has 0 radical (unpaired) electrons. The van der Waals surface area contributed by atoms with E-state index in [0.717, 1.165) is 47.2 Å². The largest absolute Gasteiger partial charge is 0.486 e. The van der Waals surface area contributed by atoms with E-state index in [4.69, 9.17) is 9.47 Å². The Bertz CT molecular complexity index is 1010. The molecule has 2 amide bonds. The molecule has 0 spiro atoms. The fraction of sp³-hybridized carbons (Fsp3) is 0.440. The van der Waals surface area contributed by atoms with Gasteiger partial charge in [-0.15, -0.1) is 0 Å². The van der Waals surface area contributed by atoms with Crippen LogP contribution in [0.1, 0.15) is 35.3 Å². The number of thioether (sulfide) groups is 1. The Hall–Kier alpha value is -2.71. The fourth-order valence-corrected chi connectivity index (χ4v) is 4.68. The van der Waals surface area contributed by atoms with Crippen molar-refractivity contribution in [3.63, 3.8) is 0 Å². The van der Waals surface area contributed by atoms with Crippen LogP contribution in [0.3, 0.4) is 0 Å². The van der Waals surface area contributed by atoms with Gasteiger partial charge in [0.05, 0.1) is 0 Å². The highest BCUT2D eigenvalue weighted by atomic mass is 32.2. The minimum Gasteiger partial charge on any atom is -0.486 e. The summed E-state index contributed by atoms with van der Waals surface area (Å²) in [5.74, 6) is 3.27. The van der Waals surface area contributed by atoms with Crippen LogP contribution in [-0.4, -0.2) is 54.5 Å². The molecule has 8 heteroatoms. The normalized spacial score (nSPS) is 15.4. The third kappa shape index (κ3) is 6.21. The van der Waals surface area contributed by atoms with Crippen molar-refractivity contribution in [1.82, 2.24) is 10.2 Å². The van der Waals surface area contributed by atoms with E-state index in [-0.39, 0.29) is 17.7 Å². The predicted molar refractivity (Wildman–Crippen MR) is 131 cm³/mol. The summed E-state index contributed by atoms with van der Waals surface area (Å²) in [5, 5.41) is 6.39. The fourth-order valence-electron chi connectivity index (χ4n) is 3.77. The molecule has 2 aromatic rings. The molecule has 0 saturated carbocycles. The minimum absolute atomic E-state index is 0.0176. The number of nitrogens with zero attached hydrogens (tertiary/aromatic N) is 1. The number of hydrogen-bond acceptors (Lipinski definition) is 6. The van der Waals surface area contributed by atoms with Gasteiger partial charge in [0.15, 0.2) is 11.5 Å². The maximum absolute atomic E-state index is 13.1. The van der Waals surface area contributed by atoms with Gasteiger partial charge in [-0.2, -0.15) is 11.8 Å². The molecule has 0 aromatic heterocycles. The number of hydrogen-bond donors (Lipinski definition) is 2. The molecule has 1 fully saturated rings. The number of fused-ring (bicyclic) bond motifs is 1. The number of ether oxygens (including phenoxy) is 2. The lowest BCUT2D eigenvalue weighted by Crippen LogP contribution is -2.38. The molecule has 2 N–H and O–H groups in total. The summed E-state index contributed by atoms with van der Waals surface area (Å²) in [5.41, 5.74) is 3.30. The van der Waals surface area contributed by atoms with Crippen LogP contribution in [0, 0.1) is 5.92 Å². The zero-order valence-electron chi connectivity index (χ0n) is 19.2. The Morgan fingerprint density at radius 2 is 1.70 bits per heavy atom. The Balaban J connectivity index is 1.47. The van der Waals surface area contributed by atoms with Crippen molar-refractivity contribution < 1.29 is 19.1 Å². The Morgan fingerprint density at radius 1 is 0.970 bits per heavy atom. The summed E-state index contributed by atoms with van der Waals surface area (Å²) in [4.78, 5) is 27.3. The van der Waals surface area contributed by atoms with Crippen LogP contribution in [0.2, 0.25) is 0 Å². The van der Waals surface area contributed by atoms with Crippen molar-refractivity contribution in [2.45, 2.75) is 26.9 Å². The molecule has 7 nitrogen and oxygen atoms in total. The second-order valence-corrected chi connectivity index (χ2v) is 9.77. The molecule has 4 rings (SSSR count). The molecule has 33 heavy (non-hydrogen) atoms. The van der Waals surface area contributed by atoms with Gasteiger partial charge in [-0.05, 0) is 41.5 Å². The van der Waals surface area contributed by atoms with Gasteiger partial charge in [-0.25, -0.2) is 0 Å². The van der Waals surface area contributed by atoms with E-state index in [1.54, 1.807) is 6.07 Å². The number of carbonyl (C=O) groups is 2. The van der Waals surface area contributed by atoms with Gasteiger partial charge >= 0.3 is 0 Å². The molecule has 2 aromatic carbocycles. The van der Waals surface area contributed by atoms with Crippen LogP contribution in [0.5, 0.6) is 11.5 Å². The summed E-state index contributed by atoms with van der Waals surface area (Å²) in [6.07, 6.45) is 0. The van der Waals surface area contributed by atoms with Crippen LogP contribution < -0.4 is 20.1 Å². The maximum atomic E-state index is 13.1. The molecule has 0 aliphatic carbocycles. The van der Waals surface area contributed by atoms with Crippen LogP contribution in [0.25, 0.3) is 0 Å². The van der Waals surface area contributed by atoms with Crippen LogP contribution in [-0.2, 0) is 17.9 Å². The second-order valence-electron chi connectivity index (χ2n) is 8.55. The summed E-state index contributed by atoms with van der Waals surface area (Å²) in [7, 11) is 0. The first-order valence-electron chi connectivity index (χ1n) is 11.4. The first kappa shape index (κ1) is 23.4. The van der Waals surface area contributed by atoms with Crippen molar-refractivity contribution in [2.75, 3.05) is 43.1 Å². The number of nitrogens with one attached hydrogen (secondary N) is 2. The highest BCUT2D eigenvalue weighted by Crippen LogP contribution is 2.30. The monoisotopic (exact) mass is 469 g/mol. The summed E-state index contributed by atoms with van der Waals surface area (Å²) in [6.45, 7) is 7.56. The summed E-state index contributed by atoms with van der Waals surface area (Å²) < 4.78 is 11.2. The van der Waals surface area contributed by atoms with Crippen LogP contribution >= 0.6 is 11.8 Å². The first-order chi connectivity index (χ1) is 16.0. The van der Waals surface area contributed by atoms with E-state index >= 15 is 0 Å². The summed E-state index contributed by atoms with van der Waals surface area (Å²) in [6, 6.07) is 11.6. The number of carbonyl (C=O) groups excluding carboxylic acids is 2. The molecule has 2 aliphatic rings. The highest BCUT2D eigenvalue weighted by molar-refractivity contribution is 7.99. The third-order valence-corrected chi connectivity index (χ3v) is 6.54. The number of rotatable bonds is 7. The number of benzene rings is 2. The predicted octanol–water partition coefficient (Wildman–Crippen LogP) is 3.53. The minimum atomic E-state index is -0.139. The van der Waals surface area contributed by atoms with Crippen LogP contribution in [0.15, 0.2) is 36.4 Å². The molecular weight excluding hydrogens is 438 g/mol. The lowest BCUT2D eigenvalue weighted by molar-refractivity contribution is -0.118. The van der Waals surface area contributed by atoms with Crippen molar-refractivity contribution in [3.8, 4) is 11.5 Å². The van der Waals surface area contributed by atoms with Gasteiger partial charge < -0.3 is 25.0 Å². The molecule has 0 atom stereocenters. The van der Waals surface area contributed by atoms with Crippen molar-refractivity contribution in [1.29, 1.82) is 0 Å². The van der Waals surface area contributed by atoms with E-state index in [1.807, 2.05) is 60.8 Å². The van der Waals surface area contributed by atoms with Crippen molar-refractivity contribution in [3.05, 3.63) is 53.1 Å². The van der Waals surface area contributed by atoms with Gasteiger partial charge in [0.1, 0.15) is 13.2 Å². The van der Waals surface area contributed by atoms with Crippen molar-refractivity contribution in [2.24, 2.45) is 5.92 Å². The SMILES string of the molecule is CC(C)C(=O)Nc1cc(CNCc2ccc3c(c2)OCCO3)cc(C(=O)N2CCSCC2)c1. The quantitative estimate of drug-likeness (QED) is 0.646.